The zero-order valence-electron chi connectivity index (χ0n) is 7.22. The van der Waals surface area contributed by atoms with Crippen LogP contribution < -0.4 is 0 Å². The Morgan fingerprint density at radius 1 is 1.55 bits per heavy atom. The summed E-state index contributed by atoms with van der Waals surface area (Å²) in [5, 5.41) is 0. The molecule has 1 unspecified atom stereocenters. The molecule has 0 aliphatic carbocycles. The van der Waals surface area contributed by atoms with Crippen LogP contribution in [0.5, 0.6) is 0 Å². The highest BCUT2D eigenvalue weighted by Crippen LogP contribution is 2.18. The van der Waals surface area contributed by atoms with Crippen LogP contribution in [0.4, 0.5) is 0 Å². The van der Waals surface area contributed by atoms with Gasteiger partial charge in [0.15, 0.2) is 0 Å². The lowest BCUT2D eigenvalue weighted by atomic mass is 10.2. The van der Waals surface area contributed by atoms with Crippen molar-refractivity contribution in [1.82, 2.24) is 4.90 Å². The van der Waals surface area contributed by atoms with Crippen LogP contribution in [0.25, 0.3) is 0 Å². The van der Waals surface area contributed by atoms with Gasteiger partial charge in [-0.2, -0.15) is 0 Å². The quantitative estimate of drug-likeness (QED) is 0.615. The Hall–Kier alpha value is 0.540. The minimum absolute atomic E-state index is 0. The van der Waals surface area contributed by atoms with Crippen LogP contribution >= 0.6 is 24.0 Å². The summed E-state index contributed by atoms with van der Waals surface area (Å²) in [5.41, 5.74) is 0. The third-order valence-electron chi connectivity index (χ3n) is 2.27. The number of hydrogen-bond acceptors (Lipinski definition) is 1. The second kappa shape index (κ2) is 5.23. The first-order valence-electron chi connectivity index (χ1n) is 4.04. The molecule has 68 valence electrons. The number of nitrogens with zero attached hydrogens (tertiary/aromatic N) is 1. The van der Waals surface area contributed by atoms with Gasteiger partial charge >= 0.3 is 0 Å². The van der Waals surface area contributed by atoms with E-state index in [2.05, 4.69) is 18.7 Å². The van der Waals surface area contributed by atoms with Crippen LogP contribution in [0, 0.1) is 5.92 Å². The molecule has 1 aliphatic heterocycles. The predicted octanol–water partition coefficient (Wildman–Crippen LogP) is 2.38. The predicted molar refractivity (Wildman–Crippen MR) is 52.8 cm³/mol. The van der Waals surface area contributed by atoms with Crippen molar-refractivity contribution in [2.75, 3.05) is 19.0 Å². The van der Waals surface area contributed by atoms with E-state index in [4.69, 9.17) is 11.6 Å². The molecule has 1 aliphatic rings. The van der Waals surface area contributed by atoms with Gasteiger partial charge in [0.25, 0.3) is 0 Å². The summed E-state index contributed by atoms with van der Waals surface area (Å²) in [4.78, 5) is 2.49. The lowest BCUT2D eigenvalue weighted by Gasteiger charge is -2.19. The van der Waals surface area contributed by atoms with E-state index in [1.807, 2.05) is 0 Å². The van der Waals surface area contributed by atoms with Gasteiger partial charge in [0.1, 0.15) is 0 Å². The van der Waals surface area contributed by atoms with Crippen molar-refractivity contribution in [1.29, 1.82) is 0 Å². The number of hydrogen-bond donors (Lipinski definition) is 0. The molecule has 1 nitrogen and oxygen atoms in total. The van der Waals surface area contributed by atoms with Gasteiger partial charge in [-0.05, 0) is 32.7 Å². The van der Waals surface area contributed by atoms with Gasteiger partial charge in [0, 0.05) is 18.5 Å². The minimum atomic E-state index is 0. The summed E-state index contributed by atoms with van der Waals surface area (Å²) in [7, 11) is 0. The van der Waals surface area contributed by atoms with Crippen LogP contribution in [0.1, 0.15) is 20.3 Å². The fraction of sp³-hybridized carbons (Fsp3) is 1.00. The monoisotopic (exact) mass is 197 g/mol. The molecule has 1 atom stereocenters. The van der Waals surface area contributed by atoms with Gasteiger partial charge in [0.05, 0.1) is 0 Å². The van der Waals surface area contributed by atoms with Gasteiger partial charge in [-0.3, -0.25) is 0 Å². The molecule has 0 aromatic carbocycles. The van der Waals surface area contributed by atoms with Crippen LogP contribution in [-0.4, -0.2) is 29.9 Å². The number of likely N-dealkylation sites (tertiary alicyclic amines) is 1. The highest BCUT2D eigenvalue weighted by atomic mass is 35.5. The summed E-state index contributed by atoms with van der Waals surface area (Å²) < 4.78 is 0. The van der Waals surface area contributed by atoms with Crippen molar-refractivity contribution in [3.05, 3.63) is 0 Å². The van der Waals surface area contributed by atoms with Gasteiger partial charge in [-0.1, -0.05) is 0 Å². The first-order chi connectivity index (χ1) is 4.74. The molecular formula is C8H17Cl2N. The molecular weight excluding hydrogens is 181 g/mol. The molecule has 0 aromatic heterocycles. The van der Waals surface area contributed by atoms with Crippen molar-refractivity contribution in [3.63, 3.8) is 0 Å². The zero-order chi connectivity index (χ0) is 7.56. The molecule has 1 saturated heterocycles. The maximum Gasteiger partial charge on any atom is 0.0264 e. The molecule has 3 heteroatoms. The molecule has 0 N–H and O–H groups in total. The largest absolute Gasteiger partial charge is 0.301 e. The third kappa shape index (κ3) is 3.18. The number of halogens is 2. The zero-order valence-corrected chi connectivity index (χ0v) is 8.79. The van der Waals surface area contributed by atoms with Crippen LogP contribution in [0.15, 0.2) is 0 Å². The first-order valence-corrected chi connectivity index (χ1v) is 4.57. The molecule has 1 heterocycles. The average Bonchev–Trinajstić information content (AvgIpc) is 2.34. The molecule has 0 amide bonds. The molecule has 11 heavy (non-hydrogen) atoms. The summed E-state index contributed by atoms with van der Waals surface area (Å²) in [6, 6.07) is 0.702. The number of rotatable bonds is 2. The third-order valence-corrected chi connectivity index (χ3v) is 2.70. The van der Waals surface area contributed by atoms with E-state index in [-0.39, 0.29) is 12.4 Å². The van der Waals surface area contributed by atoms with E-state index in [1.165, 1.54) is 19.5 Å². The van der Waals surface area contributed by atoms with Crippen LogP contribution in [0.3, 0.4) is 0 Å². The molecule has 1 rings (SSSR count). The van der Waals surface area contributed by atoms with E-state index < -0.39 is 0 Å². The Morgan fingerprint density at radius 3 is 2.45 bits per heavy atom. The second-order valence-corrected chi connectivity index (χ2v) is 3.71. The minimum Gasteiger partial charge on any atom is -0.301 e. The van der Waals surface area contributed by atoms with E-state index in [9.17, 15) is 0 Å². The second-order valence-electron chi connectivity index (χ2n) is 3.40. The lowest BCUT2D eigenvalue weighted by Crippen LogP contribution is -2.28. The van der Waals surface area contributed by atoms with E-state index in [0.29, 0.717) is 6.04 Å². The van der Waals surface area contributed by atoms with Crippen molar-refractivity contribution in [2.45, 2.75) is 26.3 Å². The standard InChI is InChI=1S/C8H16ClN.ClH/c1-7(2)10-4-3-8(5-9)6-10;/h7-8H,3-6H2,1-2H3;1H. The summed E-state index contributed by atoms with van der Waals surface area (Å²) in [5.74, 6) is 1.59. The van der Waals surface area contributed by atoms with Gasteiger partial charge in [0.2, 0.25) is 0 Å². The fourth-order valence-electron chi connectivity index (χ4n) is 1.46. The molecule has 0 saturated carbocycles. The van der Waals surface area contributed by atoms with Crippen molar-refractivity contribution < 1.29 is 0 Å². The van der Waals surface area contributed by atoms with Gasteiger partial charge in [-0.15, -0.1) is 24.0 Å². The average molecular weight is 198 g/mol. The van der Waals surface area contributed by atoms with Crippen molar-refractivity contribution in [2.24, 2.45) is 5.92 Å². The Labute approximate surface area is 80.5 Å². The summed E-state index contributed by atoms with van der Waals surface area (Å²) >= 11 is 5.75. The number of alkyl halides is 1. The fourth-order valence-corrected chi connectivity index (χ4v) is 1.71. The van der Waals surface area contributed by atoms with Crippen LogP contribution in [-0.2, 0) is 0 Å². The Kier molecular flexibility index (Phi) is 5.49. The SMILES string of the molecule is CC(C)N1CCC(CCl)C1.Cl. The Balaban J connectivity index is 0.000001000. The molecule has 0 bridgehead atoms. The van der Waals surface area contributed by atoms with Gasteiger partial charge < -0.3 is 4.90 Å². The molecule has 0 spiro atoms. The highest BCUT2D eigenvalue weighted by Gasteiger charge is 2.22. The Morgan fingerprint density at radius 2 is 2.18 bits per heavy atom. The van der Waals surface area contributed by atoms with Crippen molar-refractivity contribution in [3.8, 4) is 0 Å². The van der Waals surface area contributed by atoms with E-state index in [1.54, 1.807) is 0 Å². The topological polar surface area (TPSA) is 3.24 Å². The van der Waals surface area contributed by atoms with Gasteiger partial charge in [-0.25, -0.2) is 0 Å². The molecule has 0 aromatic rings. The van der Waals surface area contributed by atoms with Crippen molar-refractivity contribution >= 4 is 24.0 Å². The molecule has 0 radical (unpaired) electrons. The Bertz CT molecular complexity index is 106. The summed E-state index contributed by atoms with van der Waals surface area (Å²) in [6.45, 7) is 6.95. The lowest BCUT2D eigenvalue weighted by molar-refractivity contribution is 0.268. The highest BCUT2D eigenvalue weighted by molar-refractivity contribution is 6.18. The molecule has 1 fully saturated rings. The van der Waals surface area contributed by atoms with Crippen LogP contribution in [0.2, 0.25) is 0 Å². The maximum absolute atomic E-state index is 5.75. The normalized spacial score (nSPS) is 25.6. The first kappa shape index (κ1) is 11.5. The summed E-state index contributed by atoms with van der Waals surface area (Å²) in [6.07, 6.45) is 1.29. The maximum atomic E-state index is 5.75. The smallest absolute Gasteiger partial charge is 0.0264 e. The van der Waals surface area contributed by atoms with E-state index >= 15 is 0 Å². The van der Waals surface area contributed by atoms with E-state index in [0.717, 1.165) is 11.8 Å².